The van der Waals surface area contributed by atoms with Gasteiger partial charge in [-0.3, -0.25) is 9.59 Å². The predicted molar refractivity (Wildman–Crippen MR) is 99.2 cm³/mol. The number of hydrogen-bond donors (Lipinski definition) is 1. The first kappa shape index (κ1) is 19.5. The lowest BCUT2D eigenvalue weighted by Crippen LogP contribution is -2.43. The molecule has 0 aromatic heterocycles. The normalized spacial score (nSPS) is 18.1. The molecule has 146 valence electrons. The maximum atomic E-state index is 13.3. The zero-order valence-electron chi connectivity index (χ0n) is 15.5. The van der Waals surface area contributed by atoms with E-state index in [-0.39, 0.29) is 23.3 Å². The molecular weight excluding hydrogens is 350 g/mol. The number of carbonyl (C=O) groups excluding carboxylic acids is 2. The molecule has 2 aliphatic rings. The third-order valence-corrected chi connectivity index (χ3v) is 5.45. The van der Waals surface area contributed by atoms with Crippen LogP contribution in [0.1, 0.15) is 55.3 Å². The zero-order valence-corrected chi connectivity index (χ0v) is 15.5. The Hall–Kier alpha value is -2.24. The van der Waals surface area contributed by atoms with Crippen LogP contribution in [-0.2, 0) is 4.79 Å². The molecule has 1 aromatic rings. The van der Waals surface area contributed by atoms with Gasteiger partial charge in [-0.25, -0.2) is 8.78 Å². The van der Waals surface area contributed by atoms with Crippen molar-refractivity contribution in [1.29, 1.82) is 0 Å². The minimum Gasteiger partial charge on any atom is -0.356 e. The quantitative estimate of drug-likeness (QED) is 0.794. The third kappa shape index (κ3) is 5.15. The Kier molecular flexibility index (Phi) is 6.58. The number of hydrogen-bond acceptors (Lipinski definition) is 2. The number of piperidine rings is 1. The highest BCUT2D eigenvalue weighted by Gasteiger charge is 2.28. The molecule has 1 fully saturated rings. The number of rotatable bonds is 5. The second kappa shape index (κ2) is 9.11. The summed E-state index contributed by atoms with van der Waals surface area (Å²) in [6.07, 6.45) is 9.17. The van der Waals surface area contributed by atoms with Crippen LogP contribution in [-0.4, -0.2) is 36.3 Å². The summed E-state index contributed by atoms with van der Waals surface area (Å²) in [5.41, 5.74) is 1.58. The molecule has 4 nitrogen and oxygen atoms in total. The molecule has 1 heterocycles. The second-order valence-electron chi connectivity index (χ2n) is 7.34. The summed E-state index contributed by atoms with van der Waals surface area (Å²) in [6, 6.07) is 3.18. The summed E-state index contributed by atoms with van der Waals surface area (Å²) in [5.74, 6) is -2.36. The van der Waals surface area contributed by atoms with Gasteiger partial charge in [-0.15, -0.1) is 0 Å². The number of halogens is 2. The maximum Gasteiger partial charge on any atom is 0.253 e. The molecular formula is C21H26F2N2O2. The van der Waals surface area contributed by atoms with Gasteiger partial charge in [0.05, 0.1) is 0 Å². The van der Waals surface area contributed by atoms with Crippen molar-refractivity contribution in [2.45, 2.75) is 44.9 Å². The van der Waals surface area contributed by atoms with E-state index in [1.165, 1.54) is 24.5 Å². The van der Waals surface area contributed by atoms with Crippen LogP contribution >= 0.6 is 0 Å². The SMILES string of the molecule is O=C(NCCC1=CCCCC1)C1CCN(C(=O)c2ccc(F)c(F)c2)CC1. The summed E-state index contributed by atoms with van der Waals surface area (Å²) < 4.78 is 26.3. The maximum absolute atomic E-state index is 13.3. The molecule has 1 saturated heterocycles. The van der Waals surface area contributed by atoms with E-state index in [1.54, 1.807) is 4.90 Å². The van der Waals surface area contributed by atoms with E-state index >= 15 is 0 Å². The number of nitrogens with zero attached hydrogens (tertiary/aromatic N) is 1. The molecule has 1 aromatic carbocycles. The molecule has 0 atom stereocenters. The molecule has 2 amide bonds. The molecule has 1 N–H and O–H groups in total. The zero-order chi connectivity index (χ0) is 19.2. The Labute approximate surface area is 158 Å². The molecule has 0 saturated carbocycles. The second-order valence-corrected chi connectivity index (χ2v) is 7.34. The highest BCUT2D eigenvalue weighted by atomic mass is 19.2. The Balaban J connectivity index is 1.43. The van der Waals surface area contributed by atoms with Gasteiger partial charge in [0.15, 0.2) is 11.6 Å². The first-order valence-corrected chi connectivity index (χ1v) is 9.74. The van der Waals surface area contributed by atoms with Gasteiger partial charge in [-0.1, -0.05) is 11.6 Å². The van der Waals surface area contributed by atoms with Gasteiger partial charge in [0.2, 0.25) is 5.91 Å². The number of amides is 2. The number of benzene rings is 1. The Morgan fingerprint density at radius 3 is 2.56 bits per heavy atom. The van der Waals surface area contributed by atoms with Gasteiger partial charge in [0, 0.05) is 31.1 Å². The number of nitrogens with one attached hydrogen (secondary N) is 1. The average Bonchev–Trinajstić information content (AvgIpc) is 2.70. The van der Waals surface area contributed by atoms with Crippen LogP contribution in [0, 0.1) is 17.6 Å². The molecule has 3 rings (SSSR count). The summed E-state index contributed by atoms with van der Waals surface area (Å²) in [4.78, 5) is 26.4. The van der Waals surface area contributed by atoms with Crippen LogP contribution in [0.5, 0.6) is 0 Å². The van der Waals surface area contributed by atoms with Crippen molar-refractivity contribution in [2.24, 2.45) is 5.92 Å². The lowest BCUT2D eigenvalue weighted by atomic mass is 9.94. The largest absolute Gasteiger partial charge is 0.356 e. The molecule has 0 unspecified atom stereocenters. The van der Waals surface area contributed by atoms with Crippen molar-refractivity contribution in [1.82, 2.24) is 10.2 Å². The van der Waals surface area contributed by atoms with Crippen LogP contribution in [0.25, 0.3) is 0 Å². The molecule has 0 bridgehead atoms. The average molecular weight is 376 g/mol. The van der Waals surface area contributed by atoms with Crippen molar-refractivity contribution < 1.29 is 18.4 Å². The number of likely N-dealkylation sites (tertiary alicyclic amines) is 1. The highest BCUT2D eigenvalue weighted by Crippen LogP contribution is 2.21. The minimum atomic E-state index is -1.02. The summed E-state index contributed by atoms with van der Waals surface area (Å²) in [5, 5.41) is 3.01. The molecule has 0 spiro atoms. The van der Waals surface area contributed by atoms with Gasteiger partial charge in [0.25, 0.3) is 5.91 Å². The monoisotopic (exact) mass is 376 g/mol. The van der Waals surface area contributed by atoms with Crippen molar-refractivity contribution in [3.05, 3.63) is 47.0 Å². The van der Waals surface area contributed by atoms with E-state index in [4.69, 9.17) is 0 Å². The van der Waals surface area contributed by atoms with Gasteiger partial charge in [0.1, 0.15) is 0 Å². The van der Waals surface area contributed by atoms with E-state index < -0.39 is 11.6 Å². The van der Waals surface area contributed by atoms with E-state index in [0.29, 0.717) is 32.5 Å². The first-order valence-electron chi connectivity index (χ1n) is 9.74. The highest BCUT2D eigenvalue weighted by molar-refractivity contribution is 5.94. The lowest BCUT2D eigenvalue weighted by molar-refractivity contribution is -0.126. The number of carbonyl (C=O) groups is 2. The van der Waals surface area contributed by atoms with Crippen molar-refractivity contribution in [3.8, 4) is 0 Å². The minimum absolute atomic E-state index is 0.0475. The van der Waals surface area contributed by atoms with Crippen LogP contribution in [0.3, 0.4) is 0 Å². The smallest absolute Gasteiger partial charge is 0.253 e. The molecule has 6 heteroatoms. The summed E-state index contributed by atoms with van der Waals surface area (Å²) in [7, 11) is 0. The van der Waals surface area contributed by atoms with E-state index in [1.807, 2.05) is 0 Å². The van der Waals surface area contributed by atoms with Crippen LogP contribution < -0.4 is 5.32 Å². The third-order valence-electron chi connectivity index (χ3n) is 5.45. The summed E-state index contributed by atoms with van der Waals surface area (Å²) >= 11 is 0. The Bertz CT molecular complexity index is 725. The van der Waals surface area contributed by atoms with Crippen LogP contribution in [0.4, 0.5) is 8.78 Å². The molecule has 27 heavy (non-hydrogen) atoms. The van der Waals surface area contributed by atoms with Gasteiger partial charge in [-0.05, 0) is 63.1 Å². The van der Waals surface area contributed by atoms with Crippen molar-refractivity contribution in [2.75, 3.05) is 19.6 Å². The molecule has 1 aliphatic carbocycles. The van der Waals surface area contributed by atoms with Gasteiger partial charge < -0.3 is 10.2 Å². The fraction of sp³-hybridized carbons (Fsp3) is 0.524. The van der Waals surface area contributed by atoms with Crippen LogP contribution in [0.2, 0.25) is 0 Å². The summed E-state index contributed by atoms with van der Waals surface area (Å²) in [6.45, 7) is 1.56. The molecule has 1 aliphatic heterocycles. The van der Waals surface area contributed by atoms with Gasteiger partial charge in [-0.2, -0.15) is 0 Å². The predicted octanol–water partition coefficient (Wildman–Crippen LogP) is 3.82. The van der Waals surface area contributed by atoms with Crippen molar-refractivity contribution in [3.63, 3.8) is 0 Å². The standard InChI is InChI=1S/C21H26F2N2O2/c22-18-7-6-17(14-19(18)23)21(27)25-12-9-16(10-13-25)20(26)24-11-8-15-4-2-1-3-5-15/h4,6-7,14,16H,1-3,5,8-13H2,(H,24,26). The topological polar surface area (TPSA) is 49.4 Å². The number of allylic oxidation sites excluding steroid dienone is 1. The van der Waals surface area contributed by atoms with Crippen LogP contribution in [0.15, 0.2) is 29.8 Å². The Morgan fingerprint density at radius 2 is 1.89 bits per heavy atom. The fourth-order valence-corrected chi connectivity index (χ4v) is 3.78. The van der Waals surface area contributed by atoms with Gasteiger partial charge >= 0.3 is 0 Å². The van der Waals surface area contributed by atoms with E-state index in [0.717, 1.165) is 31.4 Å². The van der Waals surface area contributed by atoms with E-state index in [2.05, 4.69) is 11.4 Å². The first-order chi connectivity index (χ1) is 13.0. The fourth-order valence-electron chi connectivity index (χ4n) is 3.78. The van der Waals surface area contributed by atoms with Crippen molar-refractivity contribution >= 4 is 11.8 Å². The lowest BCUT2D eigenvalue weighted by Gasteiger charge is -2.31. The van der Waals surface area contributed by atoms with E-state index in [9.17, 15) is 18.4 Å². The molecule has 0 radical (unpaired) electrons. The Morgan fingerprint density at radius 1 is 1.11 bits per heavy atom.